The summed E-state index contributed by atoms with van der Waals surface area (Å²) in [5.41, 5.74) is 0. The molecule has 0 aromatic carbocycles. The summed E-state index contributed by atoms with van der Waals surface area (Å²) in [5.74, 6) is 0.0390. The highest BCUT2D eigenvalue weighted by Crippen LogP contribution is 2.15. The van der Waals surface area contributed by atoms with E-state index in [2.05, 4.69) is 5.32 Å². The van der Waals surface area contributed by atoms with Gasteiger partial charge in [-0.05, 0) is 26.0 Å². The minimum atomic E-state index is -0.0163. The molecule has 0 saturated carbocycles. The minimum absolute atomic E-state index is 0.00516. The molecule has 5 heteroatoms. The first-order valence-corrected chi connectivity index (χ1v) is 6.99. The van der Waals surface area contributed by atoms with Gasteiger partial charge in [0.05, 0.1) is 19.1 Å². The van der Waals surface area contributed by atoms with E-state index < -0.39 is 0 Å². The van der Waals surface area contributed by atoms with E-state index in [0.29, 0.717) is 6.61 Å². The Morgan fingerprint density at radius 3 is 2.94 bits per heavy atom. The molecule has 1 aliphatic rings. The number of thioether (sulfide) groups is 1. The van der Waals surface area contributed by atoms with Gasteiger partial charge in [0.1, 0.15) is 0 Å². The van der Waals surface area contributed by atoms with Crippen LogP contribution in [0.25, 0.3) is 0 Å². The fourth-order valence-corrected chi connectivity index (χ4v) is 2.44. The second-order valence-corrected chi connectivity index (χ2v) is 5.24. The van der Waals surface area contributed by atoms with E-state index in [4.69, 9.17) is 9.84 Å². The number of carbonyl (C=O) groups is 1. The molecule has 3 unspecified atom stereocenters. The first-order chi connectivity index (χ1) is 7.69. The van der Waals surface area contributed by atoms with E-state index in [1.54, 1.807) is 11.8 Å². The topological polar surface area (TPSA) is 58.6 Å². The lowest BCUT2D eigenvalue weighted by Crippen LogP contribution is -2.45. The number of ether oxygens (including phenoxy) is 1. The van der Waals surface area contributed by atoms with Crippen LogP contribution >= 0.6 is 11.8 Å². The van der Waals surface area contributed by atoms with E-state index >= 15 is 0 Å². The Balaban J connectivity index is 2.37. The Morgan fingerprint density at radius 2 is 2.44 bits per heavy atom. The van der Waals surface area contributed by atoms with Gasteiger partial charge in [-0.25, -0.2) is 0 Å². The predicted molar refractivity (Wildman–Crippen MR) is 65.5 cm³/mol. The van der Waals surface area contributed by atoms with Gasteiger partial charge in [0, 0.05) is 17.9 Å². The van der Waals surface area contributed by atoms with Gasteiger partial charge in [-0.2, -0.15) is 11.8 Å². The molecule has 0 aliphatic carbocycles. The summed E-state index contributed by atoms with van der Waals surface area (Å²) in [6.07, 6.45) is 3.80. The first-order valence-electron chi connectivity index (χ1n) is 5.70. The molecule has 16 heavy (non-hydrogen) atoms. The van der Waals surface area contributed by atoms with Crippen molar-refractivity contribution in [2.75, 3.05) is 26.1 Å². The Kier molecular flexibility index (Phi) is 6.16. The van der Waals surface area contributed by atoms with Crippen LogP contribution in [0.5, 0.6) is 0 Å². The monoisotopic (exact) mass is 247 g/mol. The third kappa shape index (κ3) is 3.96. The van der Waals surface area contributed by atoms with Crippen LogP contribution in [0.2, 0.25) is 0 Å². The summed E-state index contributed by atoms with van der Waals surface area (Å²) >= 11 is 1.57. The van der Waals surface area contributed by atoms with Gasteiger partial charge < -0.3 is 15.2 Å². The van der Waals surface area contributed by atoms with Crippen molar-refractivity contribution in [1.82, 2.24) is 5.32 Å². The summed E-state index contributed by atoms with van der Waals surface area (Å²) in [6.45, 7) is 3.31. The molecule has 0 spiro atoms. The van der Waals surface area contributed by atoms with E-state index in [1.807, 2.05) is 13.2 Å². The highest BCUT2D eigenvalue weighted by molar-refractivity contribution is 7.99. The Hall–Kier alpha value is -0.260. The average molecular weight is 247 g/mol. The van der Waals surface area contributed by atoms with Crippen molar-refractivity contribution in [3.63, 3.8) is 0 Å². The number of hydrogen-bond donors (Lipinski definition) is 2. The van der Waals surface area contributed by atoms with Crippen molar-refractivity contribution in [3.05, 3.63) is 0 Å². The van der Waals surface area contributed by atoms with Crippen molar-refractivity contribution in [2.45, 2.75) is 31.1 Å². The molecule has 94 valence electrons. The zero-order valence-corrected chi connectivity index (χ0v) is 10.8. The van der Waals surface area contributed by atoms with Crippen molar-refractivity contribution in [1.29, 1.82) is 0 Å². The molecule has 2 N–H and O–H groups in total. The maximum atomic E-state index is 11.9. The first kappa shape index (κ1) is 13.8. The number of carbonyl (C=O) groups excluding carboxylic acids is 1. The van der Waals surface area contributed by atoms with Crippen molar-refractivity contribution >= 4 is 17.7 Å². The largest absolute Gasteiger partial charge is 0.395 e. The van der Waals surface area contributed by atoms with Gasteiger partial charge >= 0.3 is 0 Å². The van der Waals surface area contributed by atoms with Crippen LogP contribution in [-0.2, 0) is 9.53 Å². The van der Waals surface area contributed by atoms with Gasteiger partial charge in [-0.3, -0.25) is 4.79 Å². The molecule has 0 aromatic rings. The normalized spacial score (nSPS) is 24.8. The quantitative estimate of drug-likeness (QED) is 0.748. The maximum Gasteiger partial charge on any atom is 0.225 e. The van der Waals surface area contributed by atoms with Crippen LogP contribution in [0.4, 0.5) is 0 Å². The van der Waals surface area contributed by atoms with Crippen LogP contribution in [0, 0.1) is 5.92 Å². The Morgan fingerprint density at radius 1 is 1.69 bits per heavy atom. The highest BCUT2D eigenvalue weighted by Gasteiger charge is 2.25. The lowest BCUT2D eigenvalue weighted by molar-refractivity contribution is -0.129. The van der Waals surface area contributed by atoms with Gasteiger partial charge in [0.2, 0.25) is 5.91 Å². The average Bonchev–Trinajstić information content (AvgIpc) is 2.31. The smallest absolute Gasteiger partial charge is 0.225 e. The number of aliphatic hydroxyl groups excluding tert-OH is 1. The lowest BCUT2D eigenvalue weighted by atomic mass is 10.0. The Bertz CT molecular complexity index is 215. The molecule has 1 heterocycles. The van der Waals surface area contributed by atoms with Crippen LogP contribution in [0.1, 0.15) is 19.8 Å². The molecule has 0 bridgehead atoms. The summed E-state index contributed by atoms with van der Waals surface area (Å²) in [7, 11) is 0. The van der Waals surface area contributed by atoms with E-state index in [9.17, 15) is 4.79 Å². The van der Waals surface area contributed by atoms with Gasteiger partial charge in [-0.1, -0.05) is 0 Å². The SMILES string of the molecule is CSC(CO)C(C)NC(=O)C1CCCOC1. The second kappa shape index (κ2) is 7.14. The summed E-state index contributed by atoms with van der Waals surface area (Å²) < 4.78 is 5.28. The summed E-state index contributed by atoms with van der Waals surface area (Å²) in [6, 6.07) is -0.00516. The number of amides is 1. The molecule has 1 aliphatic heterocycles. The number of aliphatic hydroxyl groups is 1. The minimum Gasteiger partial charge on any atom is -0.395 e. The van der Waals surface area contributed by atoms with Crippen LogP contribution in [0.3, 0.4) is 0 Å². The molecule has 1 saturated heterocycles. The van der Waals surface area contributed by atoms with E-state index in [0.717, 1.165) is 19.4 Å². The second-order valence-electron chi connectivity index (χ2n) is 4.17. The standard InChI is InChI=1S/C11H21NO3S/c1-8(10(6-13)16-2)12-11(14)9-4-3-5-15-7-9/h8-10,13H,3-7H2,1-2H3,(H,12,14). The van der Waals surface area contributed by atoms with Crippen molar-refractivity contribution in [2.24, 2.45) is 5.92 Å². The lowest BCUT2D eigenvalue weighted by Gasteiger charge is -2.26. The zero-order chi connectivity index (χ0) is 12.0. The van der Waals surface area contributed by atoms with E-state index in [-0.39, 0.29) is 29.7 Å². The molecular weight excluding hydrogens is 226 g/mol. The van der Waals surface area contributed by atoms with Crippen LogP contribution in [0.15, 0.2) is 0 Å². The fourth-order valence-electron chi connectivity index (χ4n) is 1.82. The molecule has 3 atom stereocenters. The number of nitrogens with one attached hydrogen (secondary N) is 1. The number of rotatable bonds is 5. The summed E-state index contributed by atoms with van der Waals surface area (Å²) in [5, 5.41) is 12.1. The van der Waals surface area contributed by atoms with E-state index in [1.165, 1.54) is 0 Å². The maximum absolute atomic E-state index is 11.9. The molecule has 1 amide bonds. The third-order valence-corrected chi connectivity index (χ3v) is 4.10. The molecule has 4 nitrogen and oxygen atoms in total. The Labute approximate surface area is 101 Å². The third-order valence-electron chi connectivity index (χ3n) is 2.94. The number of hydrogen-bond acceptors (Lipinski definition) is 4. The highest BCUT2D eigenvalue weighted by atomic mass is 32.2. The molecule has 0 radical (unpaired) electrons. The molecule has 0 aromatic heterocycles. The molecule has 1 rings (SSSR count). The fraction of sp³-hybridized carbons (Fsp3) is 0.909. The van der Waals surface area contributed by atoms with Crippen molar-refractivity contribution < 1.29 is 14.6 Å². The van der Waals surface area contributed by atoms with Crippen molar-refractivity contribution in [3.8, 4) is 0 Å². The van der Waals surface area contributed by atoms with Gasteiger partial charge in [0.25, 0.3) is 0 Å². The molecule has 1 fully saturated rings. The molecular formula is C11H21NO3S. The van der Waals surface area contributed by atoms with Gasteiger partial charge in [0.15, 0.2) is 0 Å². The van der Waals surface area contributed by atoms with Crippen LogP contribution in [-0.4, -0.2) is 48.4 Å². The zero-order valence-electron chi connectivity index (χ0n) is 9.94. The van der Waals surface area contributed by atoms with Gasteiger partial charge in [-0.15, -0.1) is 0 Å². The van der Waals surface area contributed by atoms with Crippen LogP contribution < -0.4 is 5.32 Å². The summed E-state index contributed by atoms with van der Waals surface area (Å²) in [4.78, 5) is 11.9. The predicted octanol–water partition coefficient (Wildman–Crippen LogP) is 0.642.